The van der Waals surface area contributed by atoms with E-state index in [1.165, 1.54) is 0 Å². The molecule has 0 aromatic carbocycles. The van der Waals surface area contributed by atoms with E-state index in [1.807, 2.05) is 34.6 Å². The Morgan fingerprint density at radius 2 is 1.85 bits per heavy atom. The summed E-state index contributed by atoms with van der Waals surface area (Å²) in [5.74, 6) is 0. The van der Waals surface area contributed by atoms with Gasteiger partial charge in [0.1, 0.15) is 0 Å². The summed E-state index contributed by atoms with van der Waals surface area (Å²) in [4.78, 5) is 8.39. The Kier molecular flexibility index (Phi) is 14.9. The molecule has 0 aliphatic carbocycles. The second kappa shape index (κ2) is 12.3. The van der Waals surface area contributed by atoms with E-state index in [9.17, 15) is 0 Å². The summed E-state index contributed by atoms with van der Waals surface area (Å²) in [6, 6.07) is 0. The van der Waals surface area contributed by atoms with E-state index in [0.717, 1.165) is 6.42 Å². The average molecular weight is 210 g/mol. The van der Waals surface area contributed by atoms with Crippen LogP contribution in [0.5, 0.6) is 0 Å². The largest absolute Gasteiger partial charge is 0.373 e. The van der Waals surface area contributed by atoms with Gasteiger partial charge in [0.05, 0.1) is 18.8 Å². The summed E-state index contributed by atoms with van der Waals surface area (Å²) in [5.41, 5.74) is 0. The maximum atomic E-state index is 8.39. The van der Waals surface area contributed by atoms with Gasteiger partial charge in [-0.15, -0.1) is 0 Å². The van der Waals surface area contributed by atoms with Crippen LogP contribution in [-0.2, 0) is 9.26 Å². The lowest BCUT2D eigenvalue weighted by molar-refractivity contribution is -0.0174. The van der Waals surface area contributed by atoms with Crippen molar-refractivity contribution in [2.45, 2.75) is 53.2 Å². The molecule has 0 saturated heterocycles. The van der Waals surface area contributed by atoms with Gasteiger partial charge >= 0.3 is 0 Å². The lowest BCUT2D eigenvalue weighted by Crippen LogP contribution is -2.21. The van der Waals surface area contributed by atoms with Gasteiger partial charge in [-0.1, -0.05) is 20.8 Å². The molecule has 4 heteroatoms. The fourth-order valence-corrected chi connectivity index (χ4v) is 1.03. The molecular weight excluding hydrogens is 187 g/mol. The zero-order valence-electron chi connectivity index (χ0n) is 9.33. The molecule has 0 rings (SSSR count). The van der Waals surface area contributed by atoms with Crippen molar-refractivity contribution in [1.29, 1.82) is 0 Å². The Hall–Kier alpha value is 0.310. The van der Waals surface area contributed by atoms with E-state index in [1.54, 1.807) is 0 Å². The minimum Gasteiger partial charge on any atom is -0.373 e. The Bertz CT molecular complexity index is 88.9. The van der Waals surface area contributed by atoms with E-state index >= 15 is 0 Å². The highest BCUT2D eigenvalue weighted by Crippen LogP contribution is 2.09. The van der Waals surface area contributed by atoms with Crippen molar-refractivity contribution in [2.24, 2.45) is 0 Å². The molecule has 1 N–H and O–H groups in total. The van der Waals surface area contributed by atoms with Gasteiger partial charge in [0.25, 0.3) is 0 Å². The standard InChI is InChI=1S/C7H17O3P.C2H6/c1-4-7(5-9-11-8)10-6(2)3;1-2/h6-8,11H,4-5H2,1-3H3;1-2H3. The van der Waals surface area contributed by atoms with Crippen LogP contribution < -0.4 is 0 Å². The van der Waals surface area contributed by atoms with Gasteiger partial charge in [-0.3, -0.25) is 0 Å². The van der Waals surface area contributed by atoms with E-state index in [4.69, 9.17) is 14.2 Å². The van der Waals surface area contributed by atoms with Gasteiger partial charge in [0.15, 0.2) is 9.03 Å². The lowest BCUT2D eigenvalue weighted by atomic mass is 10.3. The van der Waals surface area contributed by atoms with Crippen LogP contribution in [0.25, 0.3) is 0 Å². The summed E-state index contributed by atoms with van der Waals surface area (Å²) in [7, 11) is -0.430. The first-order chi connectivity index (χ1) is 6.20. The third-order valence-electron chi connectivity index (χ3n) is 1.25. The van der Waals surface area contributed by atoms with Crippen molar-refractivity contribution in [2.75, 3.05) is 6.61 Å². The number of hydrogen-bond acceptors (Lipinski definition) is 3. The van der Waals surface area contributed by atoms with Crippen molar-refractivity contribution >= 4 is 9.03 Å². The Labute approximate surface area is 83.8 Å². The molecule has 13 heavy (non-hydrogen) atoms. The second-order valence-electron chi connectivity index (χ2n) is 2.62. The molecule has 0 aliphatic heterocycles. The Morgan fingerprint density at radius 3 is 2.15 bits per heavy atom. The quantitative estimate of drug-likeness (QED) is 0.685. The number of hydrogen-bond donors (Lipinski definition) is 1. The number of ether oxygens (including phenoxy) is 1. The molecule has 0 heterocycles. The average Bonchev–Trinajstić information content (AvgIpc) is 2.15. The lowest BCUT2D eigenvalue weighted by Gasteiger charge is -2.17. The van der Waals surface area contributed by atoms with Crippen molar-refractivity contribution in [3.05, 3.63) is 0 Å². The predicted octanol–water partition coefficient (Wildman–Crippen LogP) is 2.73. The summed E-state index contributed by atoms with van der Waals surface area (Å²) in [6.07, 6.45) is 1.27. The molecule has 3 nitrogen and oxygen atoms in total. The highest BCUT2D eigenvalue weighted by molar-refractivity contribution is 7.24. The van der Waals surface area contributed by atoms with Gasteiger partial charge in [0.2, 0.25) is 0 Å². The monoisotopic (exact) mass is 210 g/mol. The van der Waals surface area contributed by atoms with E-state index in [-0.39, 0.29) is 12.2 Å². The molecule has 0 radical (unpaired) electrons. The van der Waals surface area contributed by atoms with Gasteiger partial charge < -0.3 is 14.2 Å². The number of rotatable bonds is 6. The topological polar surface area (TPSA) is 38.7 Å². The summed E-state index contributed by atoms with van der Waals surface area (Å²) in [6.45, 7) is 10.5. The highest BCUT2D eigenvalue weighted by Gasteiger charge is 2.07. The smallest absolute Gasteiger partial charge is 0.152 e. The van der Waals surface area contributed by atoms with Crippen molar-refractivity contribution in [1.82, 2.24) is 0 Å². The maximum Gasteiger partial charge on any atom is 0.152 e. The van der Waals surface area contributed by atoms with Crippen LogP contribution in [0.15, 0.2) is 0 Å². The third-order valence-corrected chi connectivity index (χ3v) is 1.55. The first-order valence-electron chi connectivity index (χ1n) is 4.87. The highest BCUT2D eigenvalue weighted by atomic mass is 31.1. The first-order valence-corrected chi connectivity index (χ1v) is 5.72. The zero-order chi connectivity index (χ0) is 10.7. The normalized spacial score (nSPS) is 13.2. The summed E-state index contributed by atoms with van der Waals surface area (Å²) < 4.78 is 10.3. The molecule has 0 aromatic heterocycles. The molecule has 0 amide bonds. The second-order valence-corrected chi connectivity index (χ2v) is 3.09. The van der Waals surface area contributed by atoms with Crippen LogP contribution in [0.2, 0.25) is 0 Å². The molecule has 82 valence electrons. The van der Waals surface area contributed by atoms with Gasteiger partial charge in [-0.05, 0) is 20.3 Å². The molecule has 0 saturated carbocycles. The van der Waals surface area contributed by atoms with Crippen LogP contribution >= 0.6 is 9.03 Å². The summed E-state index contributed by atoms with van der Waals surface area (Å²) in [5, 5.41) is 0. The Morgan fingerprint density at radius 1 is 1.31 bits per heavy atom. The minimum absolute atomic E-state index is 0.120. The van der Waals surface area contributed by atoms with Crippen molar-refractivity contribution < 1.29 is 14.2 Å². The third kappa shape index (κ3) is 12.3. The van der Waals surface area contributed by atoms with Crippen molar-refractivity contribution in [3.63, 3.8) is 0 Å². The minimum atomic E-state index is -0.430. The molecule has 0 aliphatic rings. The van der Waals surface area contributed by atoms with E-state index in [0.29, 0.717) is 6.61 Å². The first kappa shape index (κ1) is 15.8. The molecule has 0 bridgehead atoms. The Balaban J connectivity index is 0. The van der Waals surface area contributed by atoms with Crippen LogP contribution in [0.3, 0.4) is 0 Å². The van der Waals surface area contributed by atoms with E-state index < -0.39 is 9.03 Å². The fourth-order valence-electron chi connectivity index (χ4n) is 0.768. The van der Waals surface area contributed by atoms with E-state index in [2.05, 4.69) is 0 Å². The molecule has 0 fully saturated rings. The summed E-state index contributed by atoms with van der Waals surface area (Å²) >= 11 is 0. The predicted molar refractivity (Wildman–Crippen MR) is 58.1 cm³/mol. The molecule has 0 aromatic rings. The maximum absolute atomic E-state index is 8.39. The van der Waals surface area contributed by atoms with Crippen LogP contribution in [0.1, 0.15) is 41.0 Å². The van der Waals surface area contributed by atoms with Gasteiger partial charge in [-0.2, -0.15) is 0 Å². The van der Waals surface area contributed by atoms with Crippen molar-refractivity contribution in [3.8, 4) is 0 Å². The molecule has 0 spiro atoms. The fraction of sp³-hybridized carbons (Fsp3) is 1.00. The van der Waals surface area contributed by atoms with Crippen LogP contribution in [0, 0.1) is 0 Å². The zero-order valence-corrected chi connectivity index (χ0v) is 10.3. The molecule has 2 unspecified atom stereocenters. The molecular formula is C9H23O3P. The van der Waals surface area contributed by atoms with Crippen LogP contribution in [0.4, 0.5) is 0 Å². The molecule has 2 atom stereocenters. The van der Waals surface area contributed by atoms with Crippen LogP contribution in [-0.4, -0.2) is 23.7 Å². The van der Waals surface area contributed by atoms with Gasteiger partial charge in [-0.25, -0.2) is 0 Å². The van der Waals surface area contributed by atoms with Gasteiger partial charge in [0, 0.05) is 0 Å². The SMILES string of the molecule is CC.CCC(COPO)OC(C)C.